The van der Waals surface area contributed by atoms with Crippen molar-refractivity contribution in [1.29, 1.82) is 0 Å². The van der Waals surface area contributed by atoms with Crippen LogP contribution in [0.25, 0.3) is 0 Å². The summed E-state index contributed by atoms with van der Waals surface area (Å²) in [6.45, 7) is 2.84. The Morgan fingerprint density at radius 3 is 2.95 bits per heavy atom. The van der Waals surface area contributed by atoms with Crippen molar-refractivity contribution in [3.8, 4) is 0 Å². The highest BCUT2D eigenvalue weighted by molar-refractivity contribution is 7.13. The van der Waals surface area contributed by atoms with Crippen molar-refractivity contribution in [1.82, 2.24) is 10.3 Å². The summed E-state index contributed by atoms with van der Waals surface area (Å²) < 4.78 is 5.39. The molecule has 0 bridgehead atoms. The van der Waals surface area contributed by atoms with Crippen LogP contribution < -0.4 is 10.4 Å². The fourth-order valence-electron chi connectivity index (χ4n) is 1.95. The SMILES string of the molecule is Cc1nc(CC(=O)NC[C@@H]2CCCO2)sc1C(=O)[O-]. The number of aromatic carboxylic acids is 1. The van der Waals surface area contributed by atoms with Crippen molar-refractivity contribution in [3.63, 3.8) is 0 Å². The Hall–Kier alpha value is -1.47. The Labute approximate surface area is 114 Å². The number of nitrogens with zero attached hydrogens (tertiary/aromatic N) is 1. The third-order valence-electron chi connectivity index (χ3n) is 2.89. The predicted molar refractivity (Wildman–Crippen MR) is 66.9 cm³/mol. The third-order valence-corrected chi connectivity index (χ3v) is 4.03. The van der Waals surface area contributed by atoms with Gasteiger partial charge in [0.1, 0.15) is 5.01 Å². The van der Waals surface area contributed by atoms with Crippen molar-refractivity contribution in [2.24, 2.45) is 0 Å². The topological polar surface area (TPSA) is 91.3 Å². The fourth-order valence-corrected chi connectivity index (χ4v) is 2.85. The normalized spacial score (nSPS) is 18.5. The van der Waals surface area contributed by atoms with E-state index in [1.54, 1.807) is 6.92 Å². The van der Waals surface area contributed by atoms with Crippen molar-refractivity contribution >= 4 is 23.2 Å². The maximum Gasteiger partial charge on any atom is 0.226 e. The molecule has 1 amide bonds. The number of carboxylic acids is 1. The van der Waals surface area contributed by atoms with Crippen LogP contribution in [0.4, 0.5) is 0 Å². The van der Waals surface area contributed by atoms with Gasteiger partial charge in [0.25, 0.3) is 0 Å². The molecule has 0 saturated carbocycles. The minimum atomic E-state index is -1.25. The molecule has 0 radical (unpaired) electrons. The number of ether oxygens (including phenoxy) is 1. The van der Waals surface area contributed by atoms with Gasteiger partial charge >= 0.3 is 0 Å². The van der Waals surface area contributed by atoms with Crippen LogP contribution in [0.3, 0.4) is 0 Å². The molecule has 0 unspecified atom stereocenters. The molecule has 6 nitrogen and oxygen atoms in total. The third kappa shape index (κ3) is 3.74. The Morgan fingerprint density at radius 1 is 1.58 bits per heavy atom. The van der Waals surface area contributed by atoms with Gasteiger partial charge in [-0.25, -0.2) is 4.98 Å². The van der Waals surface area contributed by atoms with E-state index in [1.165, 1.54) is 0 Å². The van der Waals surface area contributed by atoms with Gasteiger partial charge in [0.2, 0.25) is 5.91 Å². The Morgan fingerprint density at radius 2 is 2.37 bits per heavy atom. The van der Waals surface area contributed by atoms with Gasteiger partial charge in [0, 0.05) is 13.2 Å². The maximum atomic E-state index is 11.7. The number of amides is 1. The van der Waals surface area contributed by atoms with Crippen LogP contribution in [-0.4, -0.2) is 36.1 Å². The first-order valence-electron chi connectivity index (χ1n) is 6.12. The molecule has 19 heavy (non-hydrogen) atoms. The van der Waals surface area contributed by atoms with E-state index in [9.17, 15) is 14.7 Å². The number of aryl methyl sites for hydroxylation is 1. The second-order valence-electron chi connectivity index (χ2n) is 4.43. The molecular formula is C12H15N2O4S-. The number of hydrogen-bond acceptors (Lipinski definition) is 6. The average molecular weight is 283 g/mol. The van der Waals surface area contributed by atoms with Crippen LogP contribution in [0.15, 0.2) is 0 Å². The highest BCUT2D eigenvalue weighted by Crippen LogP contribution is 2.17. The van der Waals surface area contributed by atoms with Gasteiger partial charge in [0.05, 0.1) is 29.1 Å². The summed E-state index contributed by atoms with van der Waals surface area (Å²) in [5.41, 5.74) is 0.395. The lowest BCUT2D eigenvalue weighted by Crippen LogP contribution is -2.32. The standard InChI is InChI=1S/C12H16N2O4S/c1-7-11(12(16)17)19-10(14-7)5-9(15)13-6-8-3-2-4-18-8/h8H,2-6H2,1H3,(H,13,15)(H,16,17)/p-1/t8-/m0/s1. The highest BCUT2D eigenvalue weighted by Gasteiger charge is 2.17. The van der Waals surface area contributed by atoms with Crippen molar-refractivity contribution in [2.75, 3.05) is 13.2 Å². The number of thiazole rings is 1. The minimum absolute atomic E-state index is 0.0851. The van der Waals surface area contributed by atoms with E-state index < -0.39 is 5.97 Å². The number of aromatic nitrogens is 1. The van der Waals surface area contributed by atoms with Crippen LogP contribution in [0, 0.1) is 6.92 Å². The zero-order chi connectivity index (χ0) is 13.8. The molecule has 1 aliphatic heterocycles. The number of hydrogen-bond donors (Lipinski definition) is 1. The first-order valence-corrected chi connectivity index (χ1v) is 6.94. The van der Waals surface area contributed by atoms with Crippen LogP contribution >= 0.6 is 11.3 Å². The van der Waals surface area contributed by atoms with E-state index in [0.29, 0.717) is 17.2 Å². The monoisotopic (exact) mass is 283 g/mol. The van der Waals surface area contributed by atoms with Crippen molar-refractivity contribution < 1.29 is 19.4 Å². The summed E-state index contributed by atoms with van der Waals surface area (Å²) >= 11 is 0.989. The minimum Gasteiger partial charge on any atom is -0.544 e. The van der Waals surface area contributed by atoms with Gasteiger partial charge in [-0.3, -0.25) is 4.79 Å². The van der Waals surface area contributed by atoms with Gasteiger partial charge in [0.15, 0.2) is 0 Å². The lowest BCUT2D eigenvalue weighted by Gasteiger charge is -2.09. The lowest BCUT2D eigenvalue weighted by atomic mass is 10.2. The van der Waals surface area contributed by atoms with E-state index in [-0.39, 0.29) is 23.3 Å². The van der Waals surface area contributed by atoms with E-state index in [4.69, 9.17) is 4.74 Å². The molecule has 1 aromatic rings. The molecule has 104 valence electrons. The summed E-state index contributed by atoms with van der Waals surface area (Å²) in [5, 5.41) is 14.0. The zero-order valence-corrected chi connectivity index (χ0v) is 11.4. The van der Waals surface area contributed by atoms with Crippen LogP contribution in [0.2, 0.25) is 0 Å². The molecule has 1 N–H and O–H groups in total. The molecule has 7 heteroatoms. The lowest BCUT2D eigenvalue weighted by molar-refractivity contribution is -0.254. The maximum absolute atomic E-state index is 11.7. The molecule has 1 atom stereocenters. The molecule has 1 fully saturated rings. The van der Waals surface area contributed by atoms with Gasteiger partial charge in [-0.05, 0) is 19.8 Å². The molecule has 2 rings (SSSR count). The Balaban J connectivity index is 1.84. The number of carbonyl (C=O) groups excluding carboxylic acids is 2. The largest absolute Gasteiger partial charge is 0.544 e. The second-order valence-corrected chi connectivity index (χ2v) is 5.51. The zero-order valence-electron chi connectivity index (χ0n) is 10.6. The first kappa shape index (κ1) is 14.0. The molecule has 0 spiro atoms. The van der Waals surface area contributed by atoms with Gasteiger partial charge in [-0.15, -0.1) is 11.3 Å². The van der Waals surface area contributed by atoms with Crippen LogP contribution in [0.5, 0.6) is 0 Å². The number of carboxylic acid groups (broad SMARTS) is 1. The smallest absolute Gasteiger partial charge is 0.226 e. The summed E-state index contributed by atoms with van der Waals surface area (Å²) in [6.07, 6.45) is 2.18. The van der Waals surface area contributed by atoms with Crippen LogP contribution in [0.1, 0.15) is 33.2 Å². The second kappa shape index (κ2) is 6.12. The summed E-state index contributed by atoms with van der Waals surface area (Å²) in [5.74, 6) is -1.42. The summed E-state index contributed by atoms with van der Waals surface area (Å²) in [6, 6.07) is 0. The van der Waals surface area contributed by atoms with Gasteiger partial charge < -0.3 is 20.0 Å². The van der Waals surface area contributed by atoms with E-state index in [2.05, 4.69) is 10.3 Å². The summed E-state index contributed by atoms with van der Waals surface area (Å²) in [4.78, 5) is 26.6. The highest BCUT2D eigenvalue weighted by atomic mass is 32.1. The van der Waals surface area contributed by atoms with Gasteiger partial charge in [-0.2, -0.15) is 0 Å². The number of nitrogens with one attached hydrogen (secondary N) is 1. The number of carbonyl (C=O) groups is 2. The Kier molecular flexibility index (Phi) is 4.49. The predicted octanol–water partition coefficient (Wildman–Crippen LogP) is -0.347. The van der Waals surface area contributed by atoms with E-state index in [1.807, 2.05) is 0 Å². The van der Waals surface area contributed by atoms with Crippen LogP contribution in [-0.2, 0) is 16.0 Å². The van der Waals surface area contributed by atoms with Crippen molar-refractivity contribution in [2.45, 2.75) is 32.3 Å². The fraction of sp³-hybridized carbons (Fsp3) is 0.583. The quantitative estimate of drug-likeness (QED) is 0.797. The first-order chi connectivity index (χ1) is 9.06. The molecular weight excluding hydrogens is 268 g/mol. The van der Waals surface area contributed by atoms with E-state index >= 15 is 0 Å². The molecule has 1 aromatic heterocycles. The molecule has 1 aliphatic rings. The Bertz CT molecular complexity index is 480. The van der Waals surface area contributed by atoms with E-state index in [0.717, 1.165) is 30.8 Å². The van der Waals surface area contributed by atoms with Gasteiger partial charge in [-0.1, -0.05) is 0 Å². The average Bonchev–Trinajstić information content (AvgIpc) is 2.96. The summed E-state index contributed by atoms with van der Waals surface area (Å²) in [7, 11) is 0. The molecule has 0 aromatic carbocycles. The molecule has 0 aliphatic carbocycles. The van der Waals surface area contributed by atoms with Crippen molar-refractivity contribution in [3.05, 3.63) is 15.6 Å². The molecule has 2 heterocycles. The number of rotatable bonds is 5. The molecule has 1 saturated heterocycles.